The third-order valence-electron chi connectivity index (χ3n) is 7.17. The molecule has 2 aromatic carbocycles. The largest absolute Gasteiger partial charge is 0.484 e. The highest BCUT2D eigenvalue weighted by Gasteiger charge is 2.42. The molecule has 33 heavy (non-hydrogen) atoms. The zero-order valence-electron chi connectivity index (χ0n) is 18.2. The molecule has 3 atom stereocenters. The molecule has 5 rings (SSSR count). The molecular weight excluding hydrogens is 439 g/mol. The zero-order valence-corrected chi connectivity index (χ0v) is 18.2. The Morgan fingerprint density at radius 2 is 1.52 bits per heavy atom. The van der Waals surface area contributed by atoms with Crippen molar-refractivity contribution in [2.24, 2.45) is 0 Å². The van der Waals surface area contributed by atoms with E-state index < -0.39 is 40.9 Å². The molecule has 2 saturated heterocycles. The number of para-hydroxylation sites is 1. The molecule has 2 aliphatic rings. The highest BCUT2D eigenvalue weighted by atomic mass is 19.2. The molecule has 3 nitrogen and oxygen atoms in total. The van der Waals surface area contributed by atoms with Crippen molar-refractivity contribution in [3.8, 4) is 5.75 Å². The summed E-state index contributed by atoms with van der Waals surface area (Å²) in [7, 11) is 0. The van der Waals surface area contributed by atoms with E-state index in [2.05, 4.69) is 28.9 Å². The van der Waals surface area contributed by atoms with Crippen molar-refractivity contribution in [3.05, 3.63) is 64.6 Å². The molecule has 0 saturated carbocycles. The highest BCUT2D eigenvalue weighted by molar-refractivity contribution is 5.84. The first-order chi connectivity index (χ1) is 15.8. The lowest BCUT2D eigenvalue weighted by Gasteiger charge is -2.39. The lowest BCUT2D eigenvalue weighted by molar-refractivity contribution is 0.0434. The number of ether oxygens (including phenoxy) is 1. The van der Waals surface area contributed by atoms with E-state index >= 15 is 0 Å². The number of aryl methyl sites for hydroxylation is 2. The third kappa shape index (κ3) is 3.88. The number of halogens is 5. The molecular formula is C25H25F5N2O. The Kier molecular flexibility index (Phi) is 5.80. The molecule has 1 aromatic heterocycles. The van der Waals surface area contributed by atoms with Crippen LogP contribution in [0.5, 0.6) is 5.75 Å². The number of hydrogen-bond acceptors (Lipinski definition) is 2. The van der Waals surface area contributed by atoms with Crippen molar-refractivity contribution < 1.29 is 26.7 Å². The van der Waals surface area contributed by atoms with Crippen LogP contribution in [0.4, 0.5) is 22.0 Å². The molecule has 0 radical (unpaired) electrons. The Labute approximate surface area is 188 Å². The fourth-order valence-electron chi connectivity index (χ4n) is 5.64. The van der Waals surface area contributed by atoms with Crippen LogP contribution in [-0.2, 0) is 6.42 Å². The molecule has 2 fully saturated rings. The number of rotatable bonds is 6. The summed E-state index contributed by atoms with van der Waals surface area (Å²) in [6, 6.07) is 8.60. The molecule has 0 aliphatic carbocycles. The molecule has 0 amide bonds. The Hall–Kier alpha value is -2.61. The first-order valence-electron chi connectivity index (χ1n) is 11.3. The minimum atomic E-state index is -2.17. The molecule has 1 N–H and O–H groups in total. The van der Waals surface area contributed by atoms with Crippen LogP contribution in [0.2, 0.25) is 0 Å². The van der Waals surface area contributed by atoms with Gasteiger partial charge < -0.3 is 9.72 Å². The number of piperidine rings is 1. The van der Waals surface area contributed by atoms with E-state index in [-0.39, 0.29) is 12.1 Å². The van der Waals surface area contributed by atoms with Gasteiger partial charge >= 0.3 is 0 Å². The Balaban J connectivity index is 1.23. The summed E-state index contributed by atoms with van der Waals surface area (Å²) < 4.78 is 73.8. The summed E-state index contributed by atoms with van der Waals surface area (Å²) in [4.78, 5) is 5.85. The minimum Gasteiger partial charge on any atom is -0.484 e. The number of aromatic amines is 1. The van der Waals surface area contributed by atoms with Crippen LogP contribution in [0, 0.1) is 36.0 Å². The fraction of sp³-hybridized carbons (Fsp3) is 0.440. The van der Waals surface area contributed by atoms with Gasteiger partial charge in [0.1, 0.15) is 6.10 Å². The summed E-state index contributed by atoms with van der Waals surface area (Å²) in [5, 5.41) is 1.24. The van der Waals surface area contributed by atoms with Gasteiger partial charge in [-0.2, -0.15) is 8.78 Å². The number of H-pyrrole nitrogens is 1. The van der Waals surface area contributed by atoms with E-state index in [4.69, 9.17) is 4.74 Å². The smallest absolute Gasteiger partial charge is 0.207 e. The SMILES string of the molecule is Cc1[nH]c2ccccc2c1CCCN1[C@@H]2CC[C@H]1CC(Oc1c(F)c(F)c(F)c(F)c1F)C2. The fourth-order valence-corrected chi connectivity index (χ4v) is 5.64. The van der Waals surface area contributed by atoms with Crippen LogP contribution in [0.1, 0.15) is 43.4 Å². The zero-order chi connectivity index (χ0) is 23.3. The van der Waals surface area contributed by atoms with Crippen LogP contribution in [0.15, 0.2) is 24.3 Å². The monoisotopic (exact) mass is 464 g/mol. The van der Waals surface area contributed by atoms with Crippen molar-refractivity contribution in [3.63, 3.8) is 0 Å². The number of nitrogens with one attached hydrogen (secondary N) is 1. The number of hydrogen-bond donors (Lipinski definition) is 1. The molecule has 176 valence electrons. The van der Waals surface area contributed by atoms with E-state index in [0.717, 1.165) is 37.7 Å². The summed E-state index contributed by atoms with van der Waals surface area (Å²) in [5.41, 5.74) is 3.63. The van der Waals surface area contributed by atoms with Gasteiger partial charge in [0.2, 0.25) is 29.1 Å². The number of fused-ring (bicyclic) bond motifs is 3. The predicted molar refractivity (Wildman–Crippen MR) is 115 cm³/mol. The molecule has 3 heterocycles. The lowest BCUT2D eigenvalue weighted by atomic mass is 9.98. The number of aromatic nitrogens is 1. The van der Waals surface area contributed by atoms with Gasteiger partial charge in [-0.1, -0.05) is 18.2 Å². The van der Waals surface area contributed by atoms with E-state index in [9.17, 15) is 22.0 Å². The Morgan fingerprint density at radius 3 is 2.18 bits per heavy atom. The first-order valence-corrected chi connectivity index (χ1v) is 11.3. The van der Waals surface area contributed by atoms with Crippen molar-refractivity contribution in [2.75, 3.05) is 6.54 Å². The van der Waals surface area contributed by atoms with Crippen molar-refractivity contribution >= 4 is 10.9 Å². The molecule has 3 aromatic rings. The maximum atomic E-state index is 14.0. The minimum absolute atomic E-state index is 0.180. The van der Waals surface area contributed by atoms with Crippen LogP contribution >= 0.6 is 0 Å². The normalized spacial score (nSPS) is 22.9. The standard InChI is InChI=1S/C25H25F5N2O/c1-13-17(18-5-2-3-7-19(18)31-13)6-4-10-32-14-8-9-15(32)12-16(11-14)33-25-23(29)21(27)20(26)22(28)24(25)30/h2-3,5,7,14-16,31H,4,6,8-12H2,1H3/t14-,15+,16?. The highest BCUT2D eigenvalue weighted by Crippen LogP contribution is 2.39. The Bertz CT molecular complexity index is 1150. The quantitative estimate of drug-likeness (QED) is 0.268. The van der Waals surface area contributed by atoms with Gasteiger partial charge in [-0.15, -0.1) is 0 Å². The van der Waals surface area contributed by atoms with Crippen LogP contribution in [0.25, 0.3) is 10.9 Å². The predicted octanol–water partition coefficient (Wildman–Crippen LogP) is 6.18. The van der Waals surface area contributed by atoms with Gasteiger partial charge in [0.05, 0.1) is 0 Å². The average molecular weight is 464 g/mol. The summed E-state index contributed by atoms with van der Waals surface area (Å²) in [6.45, 7) is 2.98. The van der Waals surface area contributed by atoms with Crippen molar-refractivity contribution in [2.45, 2.75) is 63.6 Å². The molecule has 8 heteroatoms. The molecule has 0 spiro atoms. The summed E-state index contributed by atoms with van der Waals surface area (Å²) in [6.07, 6.45) is 4.21. The van der Waals surface area contributed by atoms with Gasteiger partial charge in [0, 0.05) is 28.7 Å². The topological polar surface area (TPSA) is 28.3 Å². The van der Waals surface area contributed by atoms with Crippen molar-refractivity contribution in [1.82, 2.24) is 9.88 Å². The Morgan fingerprint density at radius 1 is 0.909 bits per heavy atom. The second-order valence-corrected chi connectivity index (χ2v) is 9.11. The van der Waals surface area contributed by atoms with Gasteiger partial charge in [-0.3, -0.25) is 4.90 Å². The maximum Gasteiger partial charge on any atom is 0.207 e. The lowest BCUT2D eigenvalue weighted by Crippen LogP contribution is -2.46. The molecule has 2 aliphatic heterocycles. The number of nitrogens with zero attached hydrogens (tertiary/aromatic N) is 1. The van der Waals surface area contributed by atoms with E-state index in [1.54, 1.807) is 0 Å². The average Bonchev–Trinajstić information content (AvgIpc) is 3.25. The molecule has 2 bridgehead atoms. The third-order valence-corrected chi connectivity index (χ3v) is 7.17. The summed E-state index contributed by atoms with van der Waals surface area (Å²) >= 11 is 0. The van der Waals surface area contributed by atoms with Crippen LogP contribution in [0.3, 0.4) is 0 Å². The second-order valence-electron chi connectivity index (χ2n) is 9.11. The van der Waals surface area contributed by atoms with Gasteiger partial charge in [0.25, 0.3) is 0 Å². The second kappa shape index (κ2) is 8.63. The van der Waals surface area contributed by atoms with E-state index in [1.165, 1.54) is 16.6 Å². The van der Waals surface area contributed by atoms with Crippen LogP contribution in [-0.4, -0.2) is 34.6 Å². The van der Waals surface area contributed by atoms with Gasteiger partial charge in [0.15, 0.2) is 5.75 Å². The molecule has 1 unspecified atom stereocenters. The van der Waals surface area contributed by atoms with Crippen molar-refractivity contribution in [1.29, 1.82) is 0 Å². The van der Waals surface area contributed by atoms with Gasteiger partial charge in [-0.25, -0.2) is 13.2 Å². The van der Waals surface area contributed by atoms with E-state index in [0.29, 0.717) is 12.8 Å². The number of benzene rings is 2. The summed E-state index contributed by atoms with van der Waals surface area (Å²) in [5.74, 6) is -11.1. The van der Waals surface area contributed by atoms with Gasteiger partial charge in [-0.05, 0) is 63.6 Å². The first kappa shape index (κ1) is 22.2. The maximum absolute atomic E-state index is 14.0. The van der Waals surface area contributed by atoms with Crippen LogP contribution < -0.4 is 4.74 Å². The van der Waals surface area contributed by atoms with E-state index in [1.807, 2.05) is 12.1 Å².